The number of hydrogen-bond donors (Lipinski definition) is 2. The zero-order valence-electron chi connectivity index (χ0n) is 17.8. The molecule has 0 bridgehead atoms. The Bertz CT molecular complexity index is 1120. The summed E-state index contributed by atoms with van der Waals surface area (Å²) in [7, 11) is 3.02. The third-order valence-electron chi connectivity index (χ3n) is 4.54. The normalized spacial score (nSPS) is 11.1. The molecule has 174 valence electrons. The number of halogens is 3. The van der Waals surface area contributed by atoms with Crippen LogP contribution in [0.3, 0.4) is 0 Å². The number of hydrogen-bond acceptors (Lipinski definition) is 6. The molecule has 11 heteroatoms. The first-order valence-corrected chi connectivity index (χ1v) is 10.6. The van der Waals surface area contributed by atoms with Gasteiger partial charge in [-0.15, -0.1) is 11.3 Å². The Morgan fingerprint density at radius 3 is 2.55 bits per heavy atom. The quantitative estimate of drug-likeness (QED) is 0.504. The number of rotatable bonds is 8. The van der Waals surface area contributed by atoms with Crippen LogP contribution in [0.5, 0.6) is 5.75 Å². The fourth-order valence-corrected chi connectivity index (χ4v) is 3.53. The van der Waals surface area contributed by atoms with E-state index in [1.807, 2.05) is 12.1 Å². The van der Waals surface area contributed by atoms with Crippen molar-refractivity contribution in [2.75, 3.05) is 26.0 Å². The largest absolute Gasteiger partial charge is 0.497 e. The smallest absolute Gasteiger partial charge is 0.416 e. The fraction of sp³-hybridized carbons (Fsp3) is 0.227. The van der Waals surface area contributed by atoms with Crippen molar-refractivity contribution in [3.63, 3.8) is 0 Å². The van der Waals surface area contributed by atoms with Gasteiger partial charge in [-0.05, 0) is 42.0 Å². The summed E-state index contributed by atoms with van der Waals surface area (Å²) in [5.74, 6) is -0.248. The van der Waals surface area contributed by atoms with Gasteiger partial charge in [-0.1, -0.05) is 12.1 Å². The standard InChI is InChI=1S/C22H21F3N4O3S/c1-29(12-19(30)26-11-14-4-3-5-15(10-14)22(23,24)25)20(31)18-13-33-21(28-18)27-16-6-8-17(32-2)9-7-16/h3-10,13H,11-12H2,1-2H3,(H,26,30)(H,27,28). The van der Waals surface area contributed by atoms with Crippen molar-refractivity contribution >= 4 is 34.0 Å². The van der Waals surface area contributed by atoms with Crippen molar-refractivity contribution in [2.24, 2.45) is 0 Å². The number of thiazole rings is 1. The third kappa shape index (κ3) is 6.69. The molecule has 0 atom stereocenters. The molecule has 1 aromatic heterocycles. The van der Waals surface area contributed by atoms with E-state index in [2.05, 4.69) is 15.6 Å². The van der Waals surface area contributed by atoms with Gasteiger partial charge in [0, 0.05) is 24.7 Å². The number of anilines is 2. The van der Waals surface area contributed by atoms with Crippen molar-refractivity contribution < 1.29 is 27.5 Å². The lowest BCUT2D eigenvalue weighted by Crippen LogP contribution is -2.38. The van der Waals surface area contributed by atoms with Gasteiger partial charge in [0.05, 0.1) is 19.2 Å². The summed E-state index contributed by atoms with van der Waals surface area (Å²) in [5, 5.41) is 7.69. The van der Waals surface area contributed by atoms with E-state index in [1.165, 1.54) is 35.4 Å². The molecule has 2 N–H and O–H groups in total. The third-order valence-corrected chi connectivity index (χ3v) is 5.29. The number of carbonyl (C=O) groups excluding carboxylic acids is 2. The van der Waals surface area contributed by atoms with Gasteiger partial charge in [0.15, 0.2) is 5.13 Å². The van der Waals surface area contributed by atoms with Crippen molar-refractivity contribution in [3.05, 3.63) is 70.7 Å². The molecule has 0 spiro atoms. The molecule has 0 aliphatic rings. The van der Waals surface area contributed by atoms with Crippen LogP contribution in [-0.2, 0) is 17.5 Å². The molecule has 0 fully saturated rings. The van der Waals surface area contributed by atoms with Gasteiger partial charge in [0.25, 0.3) is 5.91 Å². The Morgan fingerprint density at radius 2 is 1.88 bits per heavy atom. The van der Waals surface area contributed by atoms with Gasteiger partial charge in [-0.2, -0.15) is 13.2 Å². The van der Waals surface area contributed by atoms with Crippen LogP contribution in [0.15, 0.2) is 53.9 Å². The van der Waals surface area contributed by atoms with Crippen molar-refractivity contribution in [1.82, 2.24) is 15.2 Å². The molecular formula is C22H21F3N4O3S. The SMILES string of the molecule is COc1ccc(Nc2nc(C(=O)N(C)CC(=O)NCc3cccc(C(F)(F)F)c3)cs2)cc1. The molecule has 0 saturated carbocycles. The highest BCUT2D eigenvalue weighted by atomic mass is 32.1. The van der Waals surface area contributed by atoms with Crippen LogP contribution in [0.2, 0.25) is 0 Å². The van der Waals surface area contributed by atoms with E-state index in [1.54, 1.807) is 24.6 Å². The average molecular weight is 478 g/mol. The molecule has 0 aliphatic carbocycles. The van der Waals surface area contributed by atoms with Gasteiger partial charge in [-0.25, -0.2) is 4.98 Å². The first-order valence-electron chi connectivity index (χ1n) is 9.70. The summed E-state index contributed by atoms with van der Waals surface area (Å²) in [5.41, 5.74) is 0.459. The second kappa shape index (κ2) is 10.3. The number of nitrogens with zero attached hydrogens (tertiary/aromatic N) is 2. The molecule has 0 unspecified atom stereocenters. The van der Waals surface area contributed by atoms with Gasteiger partial charge in [-0.3, -0.25) is 9.59 Å². The number of nitrogens with one attached hydrogen (secondary N) is 2. The molecule has 0 radical (unpaired) electrons. The minimum Gasteiger partial charge on any atom is -0.497 e. The van der Waals surface area contributed by atoms with Gasteiger partial charge in [0.2, 0.25) is 5.91 Å². The van der Waals surface area contributed by atoms with Crippen LogP contribution in [0.4, 0.5) is 24.0 Å². The van der Waals surface area contributed by atoms with Gasteiger partial charge < -0.3 is 20.3 Å². The maximum absolute atomic E-state index is 12.8. The first kappa shape index (κ1) is 24.1. The van der Waals surface area contributed by atoms with E-state index in [0.717, 1.165) is 17.8 Å². The Balaban J connectivity index is 1.52. The lowest BCUT2D eigenvalue weighted by atomic mass is 10.1. The average Bonchev–Trinajstić information content (AvgIpc) is 3.25. The number of benzene rings is 2. The molecule has 0 saturated heterocycles. The Hall–Kier alpha value is -3.60. The minimum absolute atomic E-state index is 0.0859. The fourth-order valence-electron chi connectivity index (χ4n) is 2.82. The zero-order chi connectivity index (χ0) is 24.0. The van der Waals surface area contributed by atoms with E-state index < -0.39 is 23.6 Å². The maximum Gasteiger partial charge on any atom is 0.416 e. The highest BCUT2D eigenvalue weighted by Crippen LogP contribution is 2.29. The van der Waals surface area contributed by atoms with Crippen LogP contribution in [0.25, 0.3) is 0 Å². The molecule has 2 aromatic carbocycles. The van der Waals surface area contributed by atoms with Crippen LogP contribution >= 0.6 is 11.3 Å². The first-order chi connectivity index (χ1) is 15.7. The topological polar surface area (TPSA) is 83.6 Å². The number of alkyl halides is 3. The zero-order valence-corrected chi connectivity index (χ0v) is 18.6. The van der Waals surface area contributed by atoms with E-state index in [0.29, 0.717) is 16.4 Å². The van der Waals surface area contributed by atoms with Crippen LogP contribution in [0.1, 0.15) is 21.6 Å². The number of likely N-dealkylation sites (N-methyl/N-ethyl adjacent to an activating group) is 1. The van der Waals surface area contributed by atoms with Crippen molar-refractivity contribution in [2.45, 2.75) is 12.7 Å². The molecule has 2 amide bonds. The Morgan fingerprint density at radius 1 is 1.15 bits per heavy atom. The second-order valence-corrected chi connectivity index (χ2v) is 7.89. The van der Waals surface area contributed by atoms with E-state index in [4.69, 9.17) is 4.74 Å². The molecule has 1 heterocycles. The lowest BCUT2D eigenvalue weighted by Gasteiger charge is -2.16. The highest BCUT2D eigenvalue weighted by Gasteiger charge is 2.30. The van der Waals surface area contributed by atoms with E-state index in [-0.39, 0.29) is 18.8 Å². The summed E-state index contributed by atoms with van der Waals surface area (Å²) < 4.78 is 43.5. The number of carbonyl (C=O) groups is 2. The van der Waals surface area contributed by atoms with Crippen molar-refractivity contribution in [1.29, 1.82) is 0 Å². The molecule has 33 heavy (non-hydrogen) atoms. The number of aromatic nitrogens is 1. The maximum atomic E-state index is 12.8. The summed E-state index contributed by atoms with van der Waals surface area (Å²) in [6.45, 7) is -0.353. The van der Waals surface area contributed by atoms with Crippen LogP contribution < -0.4 is 15.4 Å². The van der Waals surface area contributed by atoms with Crippen LogP contribution in [0, 0.1) is 0 Å². The summed E-state index contributed by atoms with van der Waals surface area (Å²) in [4.78, 5) is 30.2. The van der Waals surface area contributed by atoms with Gasteiger partial charge in [0.1, 0.15) is 11.4 Å². The number of ether oxygens (including phenoxy) is 1. The minimum atomic E-state index is -4.46. The predicted molar refractivity (Wildman–Crippen MR) is 119 cm³/mol. The van der Waals surface area contributed by atoms with Crippen molar-refractivity contribution in [3.8, 4) is 5.75 Å². The highest BCUT2D eigenvalue weighted by molar-refractivity contribution is 7.14. The number of methoxy groups -OCH3 is 1. The van der Waals surface area contributed by atoms with E-state index >= 15 is 0 Å². The molecule has 0 aliphatic heterocycles. The molecule has 7 nitrogen and oxygen atoms in total. The predicted octanol–water partition coefficient (Wildman–Crippen LogP) is 4.30. The Labute approximate surface area is 192 Å². The van der Waals surface area contributed by atoms with Crippen LogP contribution in [-0.4, -0.2) is 42.4 Å². The summed E-state index contributed by atoms with van der Waals surface area (Å²) >= 11 is 1.24. The molecular weight excluding hydrogens is 457 g/mol. The summed E-state index contributed by atoms with van der Waals surface area (Å²) in [6, 6.07) is 11.9. The lowest BCUT2D eigenvalue weighted by molar-refractivity contribution is -0.137. The second-order valence-electron chi connectivity index (χ2n) is 7.03. The summed E-state index contributed by atoms with van der Waals surface area (Å²) in [6.07, 6.45) is -4.46. The Kier molecular flexibility index (Phi) is 7.54. The monoisotopic (exact) mass is 478 g/mol. The molecule has 3 rings (SSSR count). The number of amides is 2. The van der Waals surface area contributed by atoms with Gasteiger partial charge >= 0.3 is 6.18 Å². The molecule has 3 aromatic rings. The van der Waals surface area contributed by atoms with E-state index in [9.17, 15) is 22.8 Å².